The molecule has 0 saturated heterocycles. The zero-order chi connectivity index (χ0) is 18.6. The minimum absolute atomic E-state index is 0.0712. The summed E-state index contributed by atoms with van der Waals surface area (Å²) in [7, 11) is 0. The highest BCUT2D eigenvalue weighted by Crippen LogP contribution is 2.28. The summed E-state index contributed by atoms with van der Waals surface area (Å²) >= 11 is 9.13. The van der Waals surface area contributed by atoms with Crippen LogP contribution >= 0.6 is 27.5 Å². The van der Waals surface area contributed by atoms with Gasteiger partial charge in [0.1, 0.15) is 17.1 Å². The maximum atomic E-state index is 12.3. The van der Waals surface area contributed by atoms with E-state index >= 15 is 0 Å². The van der Waals surface area contributed by atoms with Gasteiger partial charge in [-0.2, -0.15) is 0 Å². The number of carboxylic acids is 1. The lowest BCUT2D eigenvalue weighted by atomic mass is 10.2. The van der Waals surface area contributed by atoms with Gasteiger partial charge in [-0.05, 0) is 58.2 Å². The summed E-state index contributed by atoms with van der Waals surface area (Å²) < 4.78 is 11.4. The van der Waals surface area contributed by atoms with Crippen LogP contribution in [0, 0.1) is 5.92 Å². The van der Waals surface area contributed by atoms with Gasteiger partial charge in [-0.3, -0.25) is 0 Å². The second-order valence-electron chi connectivity index (χ2n) is 5.69. The van der Waals surface area contributed by atoms with E-state index in [9.17, 15) is 14.7 Å². The lowest BCUT2D eigenvalue weighted by Crippen LogP contribution is -2.12. The maximum Gasteiger partial charge on any atom is 0.343 e. The van der Waals surface area contributed by atoms with Crippen molar-refractivity contribution in [3.05, 3.63) is 57.0 Å². The summed E-state index contributed by atoms with van der Waals surface area (Å²) in [6.45, 7) is 4.62. The van der Waals surface area contributed by atoms with E-state index in [0.29, 0.717) is 22.7 Å². The number of hydrogen-bond acceptors (Lipinski definition) is 4. The maximum absolute atomic E-state index is 12.3. The van der Waals surface area contributed by atoms with Crippen molar-refractivity contribution in [2.75, 3.05) is 6.61 Å². The van der Waals surface area contributed by atoms with Gasteiger partial charge in [-0.15, -0.1) is 0 Å². The van der Waals surface area contributed by atoms with Crippen molar-refractivity contribution in [1.82, 2.24) is 0 Å². The van der Waals surface area contributed by atoms with Crippen molar-refractivity contribution in [3.8, 4) is 11.5 Å². The zero-order valence-electron chi connectivity index (χ0n) is 13.6. The lowest BCUT2D eigenvalue weighted by Gasteiger charge is -2.12. The largest absolute Gasteiger partial charge is 0.492 e. The van der Waals surface area contributed by atoms with Crippen LogP contribution in [0.5, 0.6) is 11.5 Å². The van der Waals surface area contributed by atoms with E-state index in [4.69, 9.17) is 21.1 Å². The van der Waals surface area contributed by atoms with Gasteiger partial charge in [0, 0.05) is 5.02 Å². The number of rotatable bonds is 6. The standard InChI is InChI=1S/C18H16BrClO5/c1-10(2)9-24-16-5-3-11(7-14(16)19)18(23)25-15-6-4-12(20)8-13(15)17(21)22/h3-8,10H,9H2,1-2H3,(H,21,22). The average molecular weight is 428 g/mol. The number of ether oxygens (including phenoxy) is 2. The van der Waals surface area contributed by atoms with E-state index in [-0.39, 0.29) is 21.9 Å². The molecule has 1 N–H and O–H groups in total. The normalized spacial score (nSPS) is 10.6. The molecule has 0 unspecified atom stereocenters. The molecule has 5 nitrogen and oxygen atoms in total. The molecule has 0 bridgehead atoms. The third kappa shape index (κ3) is 5.21. The molecule has 2 rings (SSSR count). The molecule has 7 heteroatoms. The molecule has 0 aliphatic rings. The van der Waals surface area contributed by atoms with E-state index < -0.39 is 11.9 Å². The average Bonchev–Trinajstić information content (AvgIpc) is 2.54. The summed E-state index contributed by atoms with van der Waals surface area (Å²) in [4.78, 5) is 23.5. The SMILES string of the molecule is CC(C)COc1ccc(C(=O)Oc2ccc(Cl)cc2C(=O)O)cc1Br. The number of carboxylic acid groups (broad SMARTS) is 1. The monoisotopic (exact) mass is 426 g/mol. The molecule has 0 aliphatic carbocycles. The van der Waals surface area contributed by atoms with Crippen molar-refractivity contribution in [1.29, 1.82) is 0 Å². The number of hydrogen-bond donors (Lipinski definition) is 1. The summed E-state index contributed by atoms with van der Waals surface area (Å²) in [5.74, 6) is -0.998. The van der Waals surface area contributed by atoms with Gasteiger partial charge in [-0.1, -0.05) is 25.4 Å². The number of carbonyl (C=O) groups is 2. The number of aromatic carboxylic acids is 1. The van der Waals surface area contributed by atoms with Crippen LogP contribution < -0.4 is 9.47 Å². The van der Waals surface area contributed by atoms with Crippen LogP contribution in [0.1, 0.15) is 34.6 Å². The van der Waals surface area contributed by atoms with Gasteiger partial charge in [0.15, 0.2) is 0 Å². The molecule has 0 radical (unpaired) electrons. The molecule has 132 valence electrons. The van der Waals surface area contributed by atoms with Crippen molar-refractivity contribution in [2.45, 2.75) is 13.8 Å². The Kier molecular flexibility index (Phi) is 6.45. The minimum Gasteiger partial charge on any atom is -0.492 e. The van der Waals surface area contributed by atoms with Crippen LogP contribution in [0.3, 0.4) is 0 Å². The Morgan fingerprint density at radius 1 is 1.16 bits per heavy atom. The Bertz CT molecular complexity index is 804. The van der Waals surface area contributed by atoms with Gasteiger partial charge >= 0.3 is 11.9 Å². The predicted molar refractivity (Wildman–Crippen MR) is 97.8 cm³/mol. The van der Waals surface area contributed by atoms with Crippen LogP contribution in [0.2, 0.25) is 5.02 Å². The fourth-order valence-electron chi connectivity index (χ4n) is 1.92. The number of halogens is 2. The first-order valence-electron chi connectivity index (χ1n) is 7.45. The molecule has 2 aromatic rings. The van der Waals surface area contributed by atoms with Gasteiger partial charge in [0.2, 0.25) is 0 Å². The van der Waals surface area contributed by atoms with E-state index in [0.717, 1.165) is 0 Å². The van der Waals surface area contributed by atoms with E-state index in [2.05, 4.69) is 15.9 Å². The predicted octanol–water partition coefficient (Wildman–Crippen LogP) is 5.05. The number of carbonyl (C=O) groups excluding carboxylic acids is 1. The van der Waals surface area contributed by atoms with Crippen molar-refractivity contribution >= 4 is 39.5 Å². The van der Waals surface area contributed by atoms with E-state index in [1.54, 1.807) is 18.2 Å². The van der Waals surface area contributed by atoms with Crippen LogP contribution in [0.25, 0.3) is 0 Å². The third-order valence-corrected chi connectivity index (χ3v) is 3.97. The van der Waals surface area contributed by atoms with Gasteiger partial charge in [-0.25, -0.2) is 9.59 Å². The highest BCUT2D eigenvalue weighted by atomic mass is 79.9. The quantitative estimate of drug-likeness (QED) is 0.515. The second kappa shape index (κ2) is 8.36. The second-order valence-corrected chi connectivity index (χ2v) is 6.98. The molecular weight excluding hydrogens is 412 g/mol. The Morgan fingerprint density at radius 2 is 1.84 bits per heavy atom. The van der Waals surface area contributed by atoms with E-state index in [1.807, 2.05) is 13.8 Å². The number of esters is 1. The van der Waals surface area contributed by atoms with E-state index in [1.165, 1.54) is 18.2 Å². The van der Waals surface area contributed by atoms with Gasteiger partial charge in [0.05, 0.1) is 16.6 Å². The summed E-state index contributed by atoms with van der Waals surface area (Å²) in [6, 6.07) is 8.80. The molecule has 0 saturated carbocycles. The molecule has 0 fully saturated rings. The fraction of sp³-hybridized carbons (Fsp3) is 0.222. The molecule has 0 amide bonds. The molecule has 0 heterocycles. The lowest BCUT2D eigenvalue weighted by molar-refractivity contribution is 0.0681. The van der Waals surface area contributed by atoms with Crippen molar-refractivity contribution < 1.29 is 24.2 Å². The molecule has 0 aliphatic heterocycles. The van der Waals surface area contributed by atoms with Crippen LogP contribution in [0.15, 0.2) is 40.9 Å². The first kappa shape index (κ1) is 19.3. The zero-order valence-corrected chi connectivity index (χ0v) is 15.9. The summed E-state index contributed by atoms with van der Waals surface area (Å²) in [5.41, 5.74) is 0.0758. The van der Waals surface area contributed by atoms with Crippen LogP contribution in [-0.2, 0) is 0 Å². The summed E-state index contributed by atoms with van der Waals surface area (Å²) in [6.07, 6.45) is 0. The summed E-state index contributed by atoms with van der Waals surface area (Å²) in [5, 5.41) is 9.43. The molecular formula is C18H16BrClO5. The van der Waals surface area contributed by atoms with Crippen LogP contribution in [0.4, 0.5) is 0 Å². The third-order valence-electron chi connectivity index (χ3n) is 3.11. The fourth-order valence-corrected chi connectivity index (χ4v) is 2.58. The molecule has 2 aromatic carbocycles. The Morgan fingerprint density at radius 3 is 2.44 bits per heavy atom. The smallest absolute Gasteiger partial charge is 0.343 e. The Hall–Kier alpha value is -2.05. The van der Waals surface area contributed by atoms with Crippen molar-refractivity contribution in [3.63, 3.8) is 0 Å². The highest BCUT2D eigenvalue weighted by molar-refractivity contribution is 9.10. The Balaban J connectivity index is 2.19. The molecule has 25 heavy (non-hydrogen) atoms. The van der Waals surface area contributed by atoms with Crippen LogP contribution in [-0.4, -0.2) is 23.7 Å². The van der Waals surface area contributed by atoms with Gasteiger partial charge < -0.3 is 14.6 Å². The number of benzene rings is 2. The molecule has 0 atom stereocenters. The highest BCUT2D eigenvalue weighted by Gasteiger charge is 2.17. The Labute approximate surface area is 158 Å². The minimum atomic E-state index is -1.23. The van der Waals surface area contributed by atoms with Gasteiger partial charge in [0.25, 0.3) is 0 Å². The topological polar surface area (TPSA) is 72.8 Å². The first-order valence-corrected chi connectivity index (χ1v) is 8.62. The first-order chi connectivity index (χ1) is 11.8. The molecule has 0 spiro atoms. The molecule has 0 aromatic heterocycles. The van der Waals surface area contributed by atoms with Crippen molar-refractivity contribution in [2.24, 2.45) is 5.92 Å².